The molecule has 6 heteroatoms. The lowest BCUT2D eigenvalue weighted by molar-refractivity contribution is -0.147. The molecule has 146 valence electrons. The predicted molar refractivity (Wildman–Crippen MR) is 103 cm³/mol. The lowest BCUT2D eigenvalue weighted by atomic mass is 9.78. The largest absolute Gasteiger partial charge is 0.340 e. The highest BCUT2D eigenvalue weighted by Gasteiger charge is 2.50. The summed E-state index contributed by atoms with van der Waals surface area (Å²) in [5.41, 5.74) is 1.56. The van der Waals surface area contributed by atoms with Crippen molar-refractivity contribution in [1.82, 2.24) is 14.8 Å². The lowest BCUT2D eigenvalue weighted by Gasteiger charge is -2.41. The number of nitrogens with one attached hydrogen (secondary N) is 1. The van der Waals surface area contributed by atoms with Gasteiger partial charge in [-0.1, -0.05) is 0 Å². The Morgan fingerprint density at radius 3 is 2.67 bits per heavy atom. The first-order valence-corrected chi connectivity index (χ1v) is 10.3. The molecule has 1 aromatic rings. The summed E-state index contributed by atoms with van der Waals surface area (Å²) in [5, 5.41) is 0. The van der Waals surface area contributed by atoms with E-state index in [2.05, 4.69) is 4.98 Å². The average Bonchev–Trinajstić information content (AvgIpc) is 3.08. The molecule has 3 heterocycles. The van der Waals surface area contributed by atoms with Gasteiger partial charge in [-0.2, -0.15) is 0 Å². The number of H-pyrrole nitrogens is 1. The second-order valence-corrected chi connectivity index (χ2v) is 8.68. The van der Waals surface area contributed by atoms with Crippen LogP contribution in [0.3, 0.4) is 0 Å². The van der Waals surface area contributed by atoms with E-state index in [0.717, 1.165) is 56.3 Å². The average molecular weight is 371 g/mol. The highest BCUT2D eigenvalue weighted by molar-refractivity contribution is 5.95. The Labute approximate surface area is 159 Å². The number of carbonyl (C=O) groups excluding carboxylic acids is 2. The summed E-state index contributed by atoms with van der Waals surface area (Å²) in [6, 6.07) is 1.98. The second kappa shape index (κ2) is 6.80. The number of rotatable bonds is 2. The molecular formula is C21H29N3O3. The van der Waals surface area contributed by atoms with Crippen molar-refractivity contribution in [1.29, 1.82) is 0 Å². The number of amides is 2. The smallest absolute Gasteiger partial charge is 0.261 e. The molecular weight excluding hydrogens is 342 g/mol. The van der Waals surface area contributed by atoms with E-state index in [0.29, 0.717) is 19.5 Å². The van der Waals surface area contributed by atoms with Crippen molar-refractivity contribution in [2.24, 2.45) is 5.41 Å². The third-order valence-corrected chi connectivity index (χ3v) is 6.60. The maximum atomic E-state index is 13.1. The van der Waals surface area contributed by atoms with Gasteiger partial charge in [0.25, 0.3) is 11.5 Å². The summed E-state index contributed by atoms with van der Waals surface area (Å²) in [5.74, 6) is -0.0469. The van der Waals surface area contributed by atoms with Crippen molar-refractivity contribution < 1.29 is 9.59 Å². The number of pyridine rings is 1. The van der Waals surface area contributed by atoms with Crippen molar-refractivity contribution in [3.05, 3.63) is 33.2 Å². The molecule has 0 saturated carbocycles. The molecule has 2 amide bonds. The fourth-order valence-corrected chi connectivity index (χ4v) is 5.02. The number of fused-ring (bicyclic) bond motifs is 1. The first-order chi connectivity index (χ1) is 12.9. The SMILES string of the molecule is CC(C)N1CCCC2(CCN(C(=O)c3cc4c([nH]c3=O)CCCC4)C2)C1=O. The van der Waals surface area contributed by atoms with Crippen LogP contribution in [0, 0.1) is 5.41 Å². The molecule has 1 N–H and O–H groups in total. The summed E-state index contributed by atoms with van der Waals surface area (Å²) in [6.07, 6.45) is 6.48. The second-order valence-electron chi connectivity index (χ2n) is 8.68. The van der Waals surface area contributed by atoms with Gasteiger partial charge >= 0.3 is 0 Å². The van der Waals surface area contributed by atoms with E-state index in [1.165, 1.54) is 0 Å². The molecule has 2 aliphatic heterocycles. The van der Waals surface area contributed by atoms with Gasteiger partial charge in [0.05, 0.1) is 5.41 Å². The first-order valence-electron chi connectivity index (χ1n) is 10.3. The molecule has 6 nitrogen and oxygen atoms in total. The van der Waals surface area contributed by atoms with Gasteiger partial charge in [-0.25, -0.2) is 0 Å². The first kappa shape index (κ1) is 18.3. The summed E-state index contributed by atoms with van der Waals surface area (Å²) in [6.45, 7) is 5.87. The van der Waals surface area contributed by atoms with Crippen LogP contribution >= 0.6 is 0 Å². The number of piperidine rings is 1. The van der Waals surface area contributed by atoms with E-state index in [1.54, 1.807) is 11.0 Å². The minimum atomic E-state index is -0.459. The van der Waals surface area contributed by atoms with Crippen LogP contribution in [0.25, 0.3) is 0 Å². The molecule has 27 heavy (non-hydrogen) atoms. The zero-order valence-corrected chi connectivity index (χ0v) is 16.3. The van der Waals surface area contributed by atoms with Crippen LogP contribution in [0.5, 0.6) is 0 Å². The van der Waals surface area contributed by atoms with Crippen LogP contribution in [0.2, 0.25) is 0 Å². The topological polar surface area (TPSA) is 73.5 Å². The maximum Gasteiger partial charge on any atom is 0.261 e. The lowest BCUT2D eigenvalue weighted by Crippen LogP contribution is -2.52. The Kier molecular flexibility index (Phi) is 4.60. The van der Waals surface area contributed by atoms with Crippen LogP contribution in [0.4, 0.5) is 0 Å². The molecule has 1 unspecified atom stereocenters. The zero-order chi connectivity index (χ0) is 19.2. The monoisotopic (exact) mass is 371 g/mol. The standard InChI is InChI=1S/C21H29N3O3/c1-14(2)24-10-5-8-21(20(24)27)9-11-23(13-21)19(26)16-12-15-6-3-4-7-17(15)22-18(16)25/h12,14H,3-11,13H2,1-2H3,(H,22,25). The Morgan fingerprint density at radius 1 is 1.11 bits per heavy atom. The van der Waals surface area contributed by atoms with Crippen LogP contribution in [0.15, 0.2) is 10.9 Å². The minimum Gasteiger partial charge on any atom is -0.340 e. The molecule has 1 aliphatic carbocycles. The maximum absolute atomic E-state index is 13.1. The molecule has 4 rings (SSSR count). The van der Waals surface area contributed by atoms with Crippen LogP contribution in [-0.4, -0.2) is 52.3 Å². The highest BCUT2D eigenvalue weighted by atomic mass is 16.2. The number of hydrogen-bond donors (Lipinski definition) is 1. The summed E-state index contributed by atoms with van der Waals surface area (Å²) in [7, 11) is 0. The number of likely N-dealkylation sites (tertiary alicyclic amines) is 2. The van der Waals surface area contributed by atoms with Gasteiger partial charge in [0.1, 0.15) is 5.56 Å². The molecule has 1 aromatic heterocycles. The van der Waals surface area contributed by atoms with E-state index in [-0.39, 0.29) is 29.0 Å². The summed E-state index contributed by atoms with van der Waals surface area (Å²) < 4.78 is 0. The molecule has 2 fully saturated rings. The quantitative estimate of drug-likeness (QED) is 0.865. The Bertz CT molecular complexity index is 828. The van der Waals surface area contributed by atoms with Crippen LogP contribution in [-0.2, 0) is 17.6 Å². The highest BCUT2D eigenvalue weighted by Crippen LogP contribution is 2.41. The Hall–Kier alpha value is -2.11. The van der Waals surface area contributed by atoms with E-state index in [4.69, 9.17) is 0 Å². The fraction of sp³-hybridized carbons (Fsp3) is 0.667. The summed E-state index contributed by atoms with van der Waals surface area (Å²) in [4.78, 5) is 45.2. The number of carbonyl (C=O) groups is 2. The third kappa shape index (κ3) is 3.09. The van der Waals surface area contributed by atoms with Gasteiger partial charge in [0.15, 0.2) is 0 Å². The fourth-order valence-electron chi connectivity index (χ4n) is 5.02. The van der Waals surface area contributed by atoms with E-state index < -0.39 is 5.41 Å². The van der Waals surface area contributed by atoms with Crippen LogP contribution in [0.1, 0.15) is 67.6 Å². The Morgan fingerprint density at radius 2 is 1.89 bits per heavy atom. The van der Waals surface area contributed by atoms with Gasteiger partial charge in [-0.15, -0.1) is 0 Å². The Balaban J connectivity index is 1.56. The van der Waals surface area contributed by atoms with Gasteiger partial charge in [-0.05, 0) is 70.4 Å². The molecule has 0 aromatic carbocycles. The van der Waals surface area contributed by atoms with Crippen molar-refractivity contribution in [3.63, 3.8) is 0 Å². The van der Waals surface area contributed by atoms with Crippen LogP contribution < -0.4 is 5.56 Å². The number of aryl methyl sites for hydroxylation is 2. The predicted octanol–water partition coefficient (Wildman–Crippen LogP) is 2.12. The number of nitrogens with zero attached hydrogens (tertiary/aromatic N) is 2. The third-order valence-electron chi connectivity index (χ3n) is 6.60. The van der Waals surface area contributed by atoms with E-state index in [9.17, 15) is 14.4 Å². The summed E-state index contributed by atoms with van der Waals surface area (Å²) >= 11 is 0. The molecule has 2 saturated heterocycles. The normalized spacial score (nSPS) is 25.4. The van der Waals surface area contributed by atoms with Crippen molar-refractivity contribution in [2.45, 2.75) is 64.8 Å². The van der Waals surface area contributed by atoms with Gasteiger partial charge in [-0.3, -0.25) is 14.4 Å². The van der Waals surface area contributed by atoms with E-state index in [1.807, 2.05) is 18.7 Å². The molecule has 0 bridgehead atoms. The zero-order valence-electron chi connectivity index (χ0n) is 16.3. The van der Waals surface area contributed by atoms with E-state index >= 15 is 0 Å². The molecule has 1 spiro atoms. The van der Waals surface area contributed by atoms with Crippen molar-refractivity contribution >= 4 is 11.8 Å². The minimum absolute atomic E-state index is 0.179. The molecule has 0 radical (unpaired) electrons. The number of aromatic nitrogens is 1. The van der Waals surface area contributed by atoms with Crippen molar-refractivity contribution in [2.75, 3.05) is 19.6 Å². The number of aromatic amines is 1. The number of hydrogen-bond acceptors (Lipinski definition) is 3. The van der Waals surface area contributed by atoms with Crippen molar-refractivity contribution in [3.8, 4) is 0 Å². The van der Waals surface area contributed by atoms with Gasteiger partial charge < -0.3 is 14.8 Å². The molecule has 3 aliphatic rings. The molecule has 1 atom stereocenters. The van der Waals surface area contributed by atoms with Gasteiger partial charge in [0, 0.05) is 31.4 Å². The van der Waals surface area contributed by atoms with Gasteiger partial charge in [0.2, 0.25) is 5.91 Å².